The lowest BCUT2D eigenvalue weighted by molar-refractivity contribution is 0.0595. The Labute approximate surface area is 105 Å². The number of furan rings is 1. The largest absolute Gasteiger partial charge is 0.465 e. The fourth-order valence-corrected chi connectivity index (χ4v) is 1.92. The maximum atomic E-state index is 14.1. The molecule has 0 saturated carbocycles. The lowest BCUT2D eigenvalue weighted by Crippen LogP contribution is -2.05. The minimum atomic E-state index is -0.725. The van der Waals surface area contributed by atoms with Crippen molar-refractivity contribution in [3.05, 3.63) is 46.4 Å². The molecule has 0 N–H and O–H groups in total. The van der Waals surface area contributed by atoms with Gasteiger partial charge in [0.25, 0.3) is 0 Å². The molecule has 5 heteroatoms. The van der Waals surface area contributed by atoms with Crippen molar-refractivity contribution in [2.75, 3.05) is 7.11 Å². The average molecular weight is 299 g/mol. The van der Waals surface area contributed by atoms with Gasteiger partial charge in [-0.05, 0) is 24.3 Å². The molecule has 0 aliphatic carbocycles. The summed E-state index contributed by atoms with van der Waals surface area (Å²) in [5.74, 6) is -1.03. The van der Waals surface area contributed by atoms with Gasteiger partial charge in [-0.15, -0.1) is 0 Å². The lowest BCUT2D eigenvalue weighted by Gasteiger charge is -2.06. The number of hydrogen-bond donors (Lipinski definition) is 0. The number of carbonyl (C=O) groups excluding carboxylic acids is 1. The van der Waals surface area contributed by atoms with Gasteiger partial charge in [0.15, 0.2) is 0 Å². The monoisotopic (exact) mass is 298 g/mol. The summed E-state index contributed by atoms with van der Waals surface area (Å²) < 4.78 is 24.3. The molecule has 1 heterocycles. The molecule has 3 nitrogen and oxygen atoms in total. The minimum absolute atomic E-state index is 0.131. The van der Waals surface area contributed by atoms with E-state index in [0.717, 1.165) is 0 Å². The number of methoxy groups -OCH3 is 1. The van der Waals surface area contributed by atoms with Crippen LogP contribution in [0.5, 0.6) is 0 Å². The summed E-state index contributed by atoms with van der Waals surface area (Å²) in [6.45, 7) is 0. The van der Waals surface area contributed by atoms with E-state index in [1.54, 1.807) is 18.2 Å². The van der Waals surface area contributed by atoms with Crippen LogP contribution in [0.15, 0.2) is 39.4 Å². The number of carbonyl (C=O) groups is 1. The predicted octanol–water partition coefficient (Wildman–Crippen LogP) is 3.63. The Morgan fingerprint density at radius 3 is 2.82 bits per heavy atom. The Kier molecular flexibility index (Phi) is 3.28. The number of hydrogen-bond acceptors (Lipinski definition) is 3. The van der Waals surface area contributed by atoms with Crippen molar-refractivity contribution in [3.8, 4) is 11.3 Å². The van der Waals surface area contributed by atoms with Crippen LogP contribution in [-0.4, -0.2) is 13.1 Å². The number of ether oxygens (including phenoxy) is 1. The number of halogens is 2. The van der Waals surface area contributed by atoms with E-state index in [-0.39, 0.29) is 11.1 Å². The van der Waals surface area contributed by atoms with E-state index in [2.05, 4.69) is 20.7 Å². The normalized spacial score (nSPS) is 10.3. The van der Waals surface area contributed by atoms with E-state index >= 15 is 0 Å². The Bertz CT molecular complexity index is 549. The van der Waals surface area contributed by atoms with Gasteiger partial charge in [-0.3, -0.25) is 0 Å². The predicted molar refractivity (Wildman–Crippen MR) is 63.1 cm³/mol. The van der Waals surface area contributed by atoms with Crippen molar-refractivity contribution in [2.24, 2.45) is 0 Å². The minimum Gasteiger partial charge on any atom is -0.465 e. The molecule has 2 aromatic rings. The van der Waals surface area contributed by atoms with Gasteiger partial charge in [0.1, 0.15) is 11.6 Å². The summed E-state index contributed by atoms with van der Waals surface area (Å²) >= 11 is 3.21. The van der Waals surface area contributed by atoms with E-state index in [0.29, 0.717) is 10.2 Å². The smallest absolute Gasteiger partial charge is 0.340 e. The third-order valence-corrected chi connectivity index (χ3v) is 2.69. The molecule has 0 fully saturated rings. The molecule has 0 aliphatic heterocycles. The van der Waals surface area contributed by atoms with Crippen molar-refractivity contribution < 1.29 is 18.3 Å². The highest BCUT2D eigenvalue weighted by Gasteiger charge is 2.19. The molecule has 0 saturated heterocycles. The van der Waals surface area contributed by atoms with E-state index in [9.17, 15) is 9.18 Å². The first-order valence-corrected chi connectivity index (χ1v) is 5.54. The zero-order chi connectivity index (χ0) is 12.4. The molecule has 0 unspecified atom stereocenters. The van der Waals surface area contributed by atoms with Gasteiger partial charge >= 0.3 is 5.97 Å². The molecule has 88 valence electrons. The molecular weight excluding hydrogens is 291 g/mol. The van der Waals surface area contributed by atoms with Crippen LogP contribution in [0, 0.1) is 5.82 Å². The molecular formula is C12H8BrFO3. The highest BCUT2D eigenvalue weighted by atomic mass is 79.9. The van der Waals surface area contributed by atoms with Crippen molar-refractivity contribution in [2.45, 2.75) is 0 Å². The fourth-order valence-electron chi connectivity index (χ4n) is 1.46. The van der Waals surface area contributed by atoms with Crippen molar-refractivity contribution in [1.82, 2.24) is 0 Å². The maximum absolute atomic E-state index is 14.1. The van der Waals surface area contributed by atoms with Gasteiger partial charge in [0.2, 0.25) is 0 Å². The van der Waals surface area contributed by atoms with Crippen LogP contribution in [0.3, 0.4) is 0 Å². The molecule has 2 rings (SSSR count). The van der Waals surface area contributed by atoms with Crippen molar-refractivity contribution in [1.29, 1.82) is 0 Å². The Morgan fingerprint density at radius 1 is 1.47 bits per heavy atom. The van der Waals surface area contributed by atoms with Crippen LogP contribution in [0.25, 0.3) is 11.3 Å². The molecule has 1 aromatic heterocycles. The molecule has 0 aliphatic rings. The summed E-state index contributed by atoms with van der Waals surface area (Å²) in [5, 5.41) is 0. The van der Waals surface area contributed by atoms with Gasteiger partial charge in [0.05, 0.1) is 24.5 Å². The van der Waals surface area contributed by atoms with E-state index in [1.165, 1.54) is 19.4 Å². The quantitative estimate of drug-likeness (QED) is 0.795. The van der Waals surface area contributed by atoms with Crippen LogP contribution < -0.4 is 0 Å². The lowest BCUT2D eigenvalue weighted by atomic mass is 10.1. The van der Waals surface area contributed by atoms with Crippen LogP contribution in [0.4, 0.5) is 4.39 Å². The zero-order valence-electron chi connectivity index (χ0n) is 8.87. The summed E-state index contributed by atoms with van der Waals surface area (Å²) in [4.78, 5) is 11.4. The fraction of sp³-hybridized carbons (Fsp3) is 0.0833. The molecule has 0 atom stereocenters. The molecule has 0 spiro atoms. The first kappa shape index (κ1) is 11.9. The summed E-state index contributed by atoms with van der Waals surface area (Å²) in [6, 6.07) is 6.17. The summed E-state index contributed by atoms with van der Waals surface area (Å²) in [7, 11) is 1.20. The summed E-state index contributed by atoms with van der Waals surface area (Å²) in [6.07, 6.45) is 1.44. The Hall–Kier alpha value is -1.62. The maximum Gasteiger partial charge on any atom is 0.340 e. The first-order chi connectivity index (χ1) is 8.13. The van der Waals surface area contributed by atoms with Gasteiger partial charge < -0.3 is 9.15 Å². The molecule has 1 aromatic carbocycles. The van der Waals surface area contributed by atoms with E-state index < -0.39 is 11.8 Å². The second-order valence-corrected chi connectivity index (χ2v) is 4.20. The topological polar surface area (TPSA) is 39.4 Å². The van der Waals surface area contributed by atoms with Gasteiger partial charge in [-0.25, -0.2) is 9.18 Å². The second-order valence-electron chi connectivity index (χ2n) is 3.28. The van der Waals surface area contributed by atoms with Crippen LogP contribution in [0.2, 0.25) is 0 Å². The molecule has 0 bridgehead atoms. The van der Waals surface area contributed by atoms with Gasteiger partial charge in [-0.1, -0.05) is 15.9 Å². The van der Waals surface area contributed by atoms with Crippen LogP contribution in [0.1, 0.15) is 10.4 Å². The van der Waals surface area contributed by atoms with Crippen molar-refractivity contribution in [3.63, 3.8) is 0 Å². The zero-order valence-corrected chi connectivity index (χ0v) is 10.5. The van der Waals surface area contributed by atoms with Gasteiger partial charge in [0, 0.05) is 4.47 Å². The van der Waals surface area contributed by atoms with E-state index in [4.69, 9.17) is 4.42 Å². The van der Waals surface area contributed by atoms with Gasteiger partial charge in [-0.2, -0.15) is 0 Å². The third-order valence-electron chi connectivity index (χ3n) is 2.23. The number of benzene rings is 1. The molecule has 0 radical (unpaired) electrons. The Morgan fingerprint density at radius 2 is 2.24 bits per heavy atom. The van der Waals surface area contributed by atoms with Crippen molar-refractivity contribution >= 4 is 21.9 Å². The average Bonchev–Trinajstić information content (AvgIpc) is 2.84. The number of esters is 1. The summed E-state index contributed by atoms with van der Waals surface area (Å²) in [5.41, 5.74) is 0.0815. The van der Waals surface area contributed by atoms with Crippen LogP contribution >= 0.6 is 15.9 Å². The third kappa shape index (κ3) is 2.24. The standard InChI is InChI=1S/C12H8BrFO3/c1-16-12(15)9-6-7(13)5-8(11(9)14)10-3-2-4-17-10/h2-6H,1H3. The Balaban J connectivity index is 2.62. The SMILES string of the molecule is COC(=O)c1cc(Br)cc(-c2ccco2)c1F. The highest BCUT2D eigenvalue weighted by molar-refractivity contribution is 9.10. The number of rotatable bonds is 2. The second kappa shape index (κ2) is 4.71. The first-order valence-electron chi connectivity index (χ1n) is 4.74. The molecule has 17 heavy (non-hydrogen) atoms. The highest BCUT2D eigenvalue weighted by Crippen LogP contribution is 2.29. The van der Waals surface area contributed by atoms with Crippen LogP contribution in [-0.2, 0) is 4.74 Å². The molecule has 0 amide bonds. The van der Waals surface area contributed by atoms with E-state index in [1.807, 2.05) is 0 Å².